The molecular weight excluding hydrogens is 604 g/mol. The summed E-state index contributed by atoms with van der Waals surface area (Å²) in [4.78, 5) is 26.3. The predicted molar refractivity (Wildman–Crippen MR) is 169 cm³/mol. The van der Waals surface area contributed by atoms with E-state index in [1.807, 2.05) is 19.9 Å². The van der Waals surface area contributed by atoms with E-state index in [1.165, 1.54) is 0 Å². The third kappa shape index (κ3) is 13.0. The molecule has 1 aliphatic carbocycles. The summed E-state index contributed by atoms with van der Waals surface area (Å²) in [6, 6.07) is 11.0. The van der Waals surface area contributed by atoms with Crippen molar-refractivity contribution in [3.05, 3.63) is 71.3 Å². The topological polar surface area (TPSA) is 134 Å². The van der Waals surface area contributed by atoms with Gasteiger partial charge in [0.15, 0.2) is 9.84 Å². The first kappa shape index (κ1) is 36.4. The maximum atomic E-state index is 14.0. The van der Waals surface area contributed by atoms with E-state index in [0.29, 0.717) is 38.1 Å². The standard InChI is InChI=1S/C33H47F2N3O6S/c1-3-8-29(9-4-2)45(42,43)22-26(19-37-33(41)44-21-24-10-6-5-7-11-24)32(40)38-30(31(39)20-36-18-23-12-13-23)16-25-14-27(34)17-28(35)15-25/h5-7,10-11,14-15,17,23,26,29-31,36,39H,3-4,8-9,12-13,16,18-22H2,1-2H3,(H,37,41)(H,38,40)/t26?,30-,31+/m0/s1. The molecule has 3 rings (SSSR count). The van der Waals surface area contributed by atoms with E-state index in [1.54, 1.807) is 24.3 Å². The normalized spacial score (nSPS) is 15.3. The van der Waals surface area contributed by atoms with Crippen LogP contribution in [0.2, 0.25) is 0 Å². The zero-order valence-corrected chi connectivity index (χ0v) is 27.0. The first-order chi connectivity index (χ1) is 21.5. The van der Waals surface area contributed by atoms with Gasteiger partial charge in [-0.3, -0.25) is 4.79 Å². The summed E-state index contributed by atoms with van der Waals surface area (Å²) < 4.78 is 60.2. The summed E-state index contributed by atoms with van der Waals surface area (Å²) in [5.41, 5.74) is 0.976. The number of alkyl carbamates (subject to hydrolysis) is 1. The maximum absolute atomic E-state index is 14.0. The van der Waals surface area contributed by atoms with Gasteiger partial charge >= 0.3 is 6.09 Å². The third-order valence-electron chi connectivity index (χ3n) is 7.89. The lowest BCUT2D eigenvalue weighted by molar-refractivity contribution is -0.125. The van der Waals surface area contributed by atoms with Gasteiger partial charge < -0.3 is 25.8 Å². The van der Waals surface area contributed by atoms with Crippen LogP contribution in [0.4, 0.5) is 13.6 Å². The molecule has 2 amide bonds. The monoisotopic (exact) mass is 651 g/mol. The van der Waals surface area contributed by atoms with Gasteiger partial charge in [0.2, 0.25) is 5.91 Å². The lowest BCUT2D eigenvalue weighted by atomic mass is 9.99. The molecular formula is C33H47F2N3O6S. The highest BCUT2D eigenvalue weighted by molar-refractivity contribution is 7.92. The smallest absolute Gasteiger partial charge is 0.407 e. The molecule has 0 aliphatic heterocycles. The fourth-order valence-corrected chi connectivity index (χ4v) is 7.53. The van der Waals surface area contributed by atoms with E-state index in [9.17, 15) is 31.9 Å². The lowest BCUT2D eigenvalue weighted by Crippen LogP contribution is -2.53. The fourth-order valence-electron chi connectivity index (χ4n) is 5.24. The predicted octanol–water partition coefficient (Wildman–Crippen LogP) is 4.28. The highest BCUT2D eigenvalue weighted by Gasteiger charge is 2.34. The van der Waals surface area contributed by atoms with Crippen LogP contribution in [0.1, 0.15) is 63.5 Å². The molecule has 1 aliphatic rings. The van der Waals surface area contributed by atoms with Crippen molar-refractivity contribution in [2.75, 3.05) is 25.4 Å². The van der Waals surface area contributed by atoms with Crippen molar-refractivity contribution < 1.29 is 36.6 Å². The van der Waals surface area contributed by atoms with Crippen molar-refractivity contribution in [1.82, 2.24) is 16.0 Å². The van der Waals surface area contributed by atoms with Crippen LogP contribution in [0.15, 0.2) is 48.5 Å². The van der Waals surface area contributed by atoms with Gasteiger partial charge in [0, 0.05) is 19.2 Å². The van der Waals surface area contributed by atoms with Crippen LogP contribution in [-0.2, 0) is 32.4 Å². The number of amides is 2. The summed E-state index contributed by atoms with van der Waals surface area (Å²) in [6.07, 6.45) is 2.31. The average Bonchev–Trinajstić information content (AvgIpc) is 3.82. The second-order valence-electron chi connectivity index (χ2n) is 11.9. The SMILES string of the molecule is CCCC(CCC)S(=O)(=O)CC(CNC(=O)OCc1ccccc1)C(=O)N[C@@H](Cc1cc(F)cc(F)c1)[C@H](O)CNCC1CC1. The molecule has 250 valence electrons. The molecule has 2 aromatic rings. The molecule has 0 saturated heterocycles. The number of nitrogens with one attached hydrogen (secondary N) is 3. The minimum atomic E-state index is -3.76. The zero-order chi connectivity index (χ0) is 32.8. The number of benzene rings is 2. The fraction of sp³-hybridized carbons (Fsp3) is 0.576. The molecule has 0 aromatic heterocycles. The number of carbonyl (C=O) groups is 2. The minimum Gasteiger partial charge on any atom is -0.445 e. The van der Waals surface area contributed by atoms with Gasteiger partial charge in [-0.2, -0.15) is 0 Å². The number of hydrogen-bond donors (Lipinski definition) is 4. The molecule has 45 heavy (non-hydrogen) atoms. The Morgan fingerprint density at radius 2 is 1.62 bits per heavy atom. The van der Waals surface area contributed by atoms with Gasteiger partial charge in [0.05, 0.1) is 29.1 Å². The van der Waals surface area contributed by atoms with E-state index < -0.39 is 62.5 Å². The number of hydrogen-bond acceptors (Lipinski definition) is 7. The molecule has 2 aromatic carbocycles. The summed E-state index contributed by atoms with van der Waals surface area (Å²) in [5.74, 6) is -3.51. The van der Waals surface area contributed by atoms with E-state index in [4.69, 9.17) is 4.74 Å². The molecule has 0 radical (unpaired) electrons. The second-order valence-corrected chi connectivity index (χ2v) is 14.3. The lowest BCUT2D eigenvalue weighted by Gasteiger charge is -2.28. The van der Waals surface area contributed by atoms with Gasteiger partial charge in [-0.1, -0.05) is 57.0 Å². The number of ether oxygens (including phenoxy) is 1. The maximum Gasteiger partial charge on any atom is 0.407 e. The average molecular weight is 652 g/mol. The summed E-state index contributed by atoms with van der Waals surface area (Å²) in [5, 5.41) is 18.8. The van der Waals surface area contributed by atoms with Crippen molar-refractivity contribution >= 4 is 21.8 Å². The van der Waals surface area contributed by atoms with Crippen LogP contribution in [0.3, 0.4) is 0 Å². The van der Waals surface area contributed by atoms with Crippen molar-refractivity contribution in [3.8, 4) is 0 Å². The van der Waals surface area contributed by atoms with Gasteiger partial charge in [0.25, 0.3) is 0 Å². The first-order valence-electron chi connectivity index (χ1n) is 15.8. The Kier molecular flexibility index (Phi) is 14.7. The first-order valence-corrected chi connectivity index (χ1v) is 17.5. The third-order valence-corrected chi connectivity index (χ3v) is 10.2. The molecule has 1 unspecified atom stereocenters. The van der Waals surface area contributed by atoms with Crippen molar-refractivity contribution in [2.45, 2.75) is 82.8 Å². The van der Waals surface area contributed by atoms with Crippen LogP contribution in [0, 0.1) is 23.5 Å². The van der Waals surface area contributed by atoms with Crippen LogP contribution >= 0.6 is 0 Å². The molecule has 0 heterocycles. The highest BCUT2D eigenvalue weighted by atomic mass is 32.2. The van der Waals surface area contributed by atoms with E-state index in [2.05, 4.69) is 16.0 Å². The zero-order valence-electron chi connectivity index (χ0n) is 26.1. The molecule has 0 bridgehead atoms. The van der Waals surface area contributed by atoms with Gasteiger partial charge in [-0.15, -0.1) is 0 Å². The number of halogens is 2. The van der Waals surface area contributed by atoms with Crippen molar-refractivity contribution in [3.63, 3.8) is 0 Å². The van der Waals surface area contributed by atoms with Crippen LogP contribution < -0.4 is 16.0 Å². The molecule has 3 atom stereocenters. The highest BCUT2D eigenvalue weighted by Crippen LogP contribution is 2.27. The van der Waals surface area contributed by atoms with Crippen LogP contribution in [0.25, 0.3) is 0 Å². The molecule has 12 heteroatoms. The van der Waals surface area contributed by atoms with E-state index >= 15 is 0 Å². The van der Waals surface area contributed by atoms with Crippen LogP contribution in [0.5, 0.6) is 0 Å². The number of aliphatic hydroxyl groups excluding tert-OH is 1. The molecule has 1 saturated carbocycles. The van der Waals surface area contributed by atoms with Gasteiger partial charge in [0.1, 0.15) is 18.2 Å². The van der Waals surface area contributed by atoms with Gasteiger partial charge in [-0.25, -0.2) is 22.0 Å². The quantitative estimate of drug-likeness (QED) is 0.168. The molecule has 0 spiro atoms. The Morgan fingerprint density at radius 1 is 0.978 bits per heavy atom. The number of aliphatic hydroxyl groups is 1. The largest absolute Gasteiger partial charge is 0.445 e. The van der Waals surface area contributed by atoms with Crippen LogP contribution in [-0.4, -0.2) is 68.3 Å². The Balaban J connectivity index is 1.78. The summed E-state index contributed by atoms with van der Waals surface area (Å²) >= 11 is 0. The Hall–Kier alpha value is -3.09. The Bertz CT molecular complexity index is 1300. The second kappa shape index (κ2) is 18.2. The van der Waals surface area contributed by atoms with Crippen molar-refractivity contribution in [2.24, 2.45) is 11.8 Å². The molecule has 9 nitrogen and oxygen atoms in total. The van der Waals surface area contributed by atoms with Crippen molar-refractivity contribution in [1.29, 1.82) is 0 Å². The van der Waals surface area contributed by atoms with E-state index in [0.717, 1.165) is 36.6 Å². The number of carbonyl (C=O) groups excluding carboxylic acids is 2. The minimum absolute atomic E-state index is 0.0107. The summed E-state index contributed by atoms with van der Waals surface area (Å²) in [6.45, 7) is 4.25. The molecule has 1 fully saturated rings. The number of sulfone groups is 1. The Morgan fingerprint density at radius 3 is 2.22 bits per heavy atom. The summed E-state index contributed by atoms with van der Waals surface area (Å²) in [7, 11) is -3.76. The molecule has 4 N–H and O–H groups in total. The van der Waals surface area contributed by atoms with E-state index in [-0.39, 0.29) is 31.7 Å². The van der Waals surface area contributed by atoms with Gasteiger partial charge in [-0.05, 0) is 67.8 Å². The Labute approximate surface area is 265 Å². The number of rotatable bonds is 20.